The number of amides is 1. The number of carbonyl (C=O) groups is 2. The van der Waals surface area contributed by atoms with E-state index in [4.69, 9.17) is 9.84 Å². The number of nitrogens with zero attached hydrogens (tertiary/aromatic N) is 1. The Bertz CT molecular complexity index is 276. The Labute approximate surface area is 102 Å². The number of carboxylic acids is 1. The minimum Gasteiger partial charge on any atom is -0.481 e. The van der Waals surface area contributed by atoms with Crippen LogP contribution >= 0.6 is 0 Å². The standard InChI is InChI=1S/C12H21NO4/c1-9(10-3-4-10)13(7-8-17-2)11(14)5-6-12(15)16/h9-10H,3-8H2,1-2H3,(H,15,16). The summed E-state index contributed by atoms with van der Waals surface area (Å²) in [4.78, 5) is 24.2. The van der Waals surface area contributed by atoms with Gasteiger partial charge in [0.25, 0.3) is 0 Å². The van der Waals surface area contributed by atoms with Gasteiger partial charge in [-0.3, -0.25) is 9.59 Å². The molecule has 0 heterocycles. The van der Waals surface area contributed by atoms with Crippen molar-refractivity contribution in [2.75, 3.05) is 20.3 Å². The minimum atomic E-state index is -0.927. The monoisotopic (exact) mass is 243 g/mol. The molecule has 1 fully saturated rings. The topological polar surface area (TPSA) is 66.8 Å². The highest BCUT2D eigenvalue weighted by Gasteiger charge is 2.33. The second kappa shape index (κ2) is 6.59. The van der Waals surface area contributed by atoms with Crippen molar-refractivity contribution in [1.82, 2.24) is 4.90 Å². The lowest BCUT2D eigenvalue weighted by Crippen LogP contribution is -2.42. The molecule has 1 amide bonds. The first-order valence-corrected chi connectivity index (χ1v) is 6.06. The third-order valence-corrected chi connectivity index (χ3v) is 3.21. The molecule has 1 unspecified atom stereocenters. The average Bonchev–Trinajstić information content (AvgIpc) is 3.10. The predicted octanol–water partition coefficient (Wildman–Crippen LogP) is 1.12. The lowest BCUT2D eigenvalue weighted by atomic mass is 10.1. The normalized spacial score (nSPS) is 16.6. The summed E-state index contributed by atoms with van der Waals surface area (Å²) >= 11 is 0. The maximum Gasteiger partial charge on any atom is 0.303 e. The molecule has 0 radical (unpaired) electrons. The molecule has 0 aromatic carbocycles. The summed E-state index contributed by atoms with van der Waals surface area (Å²) in [6.45, 7) is 3.08. The molecule has 0 bridgehead atoms. The second-order valence-corrected chi connectivity index (χ2v) is 4.55. The van der Waals surface area contributed by atoms with Crippen molar-refractivity contribution in [2.24, 2.45) is 5.92 Å². The molecule has 0 saturated heterocycles. The molecule has 5 heteroatoms. The van der Waals surface area contributed by atoms with E-state index in [9.17, 15) is 9.59 Å². The molecule has 1 atom stereocenters. The predicted molar refractivity (Wildman–Crippen MR) is 62.6 cm³/mol. The van der Waals surface area contributed by atoms with Crippen molar-refractivity contribution < 1.29 is 19.4 Å². The van der Waals surface area contributed by atoms with Crippen LogP contribution in [0.4, 0.5) is 0 Å². The molecule has 0 aromatic rings. The summed E-state index contributed by atoms with van der Waals surface area (Å²) in [5.41, 5.74) is 0. The van der Waals surface area contributed by atoms with Gasteiger partial charge in [-0.2, -0.15) is 0 Å². The number of carboxylic acid groups (broad SMARTS) is 1. The fourth-order valence-electron chi connectivity index (χ4n) is 1.94. The smallest absolute Gasteiger partial charge is 0.303 e. The largest absolute Gasteiger partial charge is 0.481 e. The molecular formula is C12H21NO4. The molecule has 1 rings (SSSR count). The highest BCUT2D eigenvalue weighted by Crippen LogP contribution is 2.35. The highest BCUT2D eigenvalue weighted by atomic mass is 16.5. The number of methoxy groups -OCH3 is 1. The van der Waals surface area contributed by atoms with E-state index < -0.39 is 5.97 Å². The number of hydrogen-bond donors (Lipinski definition) is 1. The lowest BCUT2D eigenvalue weighted by Gasteiger charge is -2.29. The van der Waals surface area contributed by atoms with Gasteiger partial charge in [-0.25, -0.2) is 0 Å². The van der Waals surface area contributed by atoms with Crippen LogP contribution in [0.1, 0.15) is 32.6 Å². The summed E-state index contributed by atoms with van der Waals surface area (Å²) in [5.74, 6) is -0.423. The van der Waals surface area contributed by atoms with Crippen molar-refractivity contribution in [3.8, 4) is 0 Å². The van der Waals surface area contributed by atoms with Crippen LogP contribution in [0.2, 0.25) is 0 Å². The highest BCUT2D eigenvalue weighted by molar-refractivity contribution is 5.81. The van der Waals surface area contributed by atoms with Gasteiger partial charge in [0.2, 0.25) is 5.91 Å². The Morgan fingerprint density at radius 1 is 1.41 bits per heavy atom. The molecule has 0 aliphatic heterocycles. The third-order valence-electron chi connectivity index (χ3n) is 3.21. The van der Waals surface area contributed by atoms with E-state index in [0.717, 1.165) is 12.8 Å². The van der Waals surface area contributed by atoms with Crippen LogP contribution in [0.5, 0.6) is 0 Å². The maximum absolute atomic E-state index is 11.9. The van der Waals surface area contributed by atoms with Gasteiger partial charge in [0, 0.05) is 26.1 Å². The van der Waals surface area contributed by atoms with Crippen LogP contribution in [0.3, 0.4) is 0 Å². The first kappa shape index (κ1) is 14.0. The zero-order valence-electron chi connectivity index (χ0n) is 10.5. The number of hydrogen-bond acceptors (Lipinski definition) is 3. The summed E-state index contributed by atoms with van der Waals surface area (Å²) in [5, 5.41) is 8.58. The molecule has 0 spiro atoms. The van der Waals surface area contributed by atoms with Gasteiger partial charge in [-0.15, -0.1) is 0 Å². The number of ether oxygens (including phenoxy) is 1. The number of carbonyl (C=O) groups excluding carboxylic acids is 1. The Hall–Kier alpha value is -1.10. The Balaban J connectivity index is 2.47. The molecule has 1 aliphatic carbocycles. The summed E-state index contributed by atoms with van der Waals surface area (Å²) in [7, 11) is 1.60. The van der Waals surface area contributed by atoms with E-state index in [0.29, 0.717) is 19.1 Å². The van der Waals surface area contributed by atoms with Crippen molar-refractivity contribution in [3.05, 3.63) is 0 Å². The van der Waals surface area contributed by atoms with Gasteiger partial charge < -0.3 is 14.7 Å². The van der Waals surface area contributed by atoms with Gasteiger partial charge >= 0.3 is 5.97 Å². The zero-order chi connectivity index (χ0) is 12.8. The minimum absolute atomic E-state index is 0.0795. The zero-order valence-corrected chi connectivity index (χ0v) is 10.5. The van der Waals surface area contributed by atoms with Crippen molar-refractivity contribution >= 4 is 11.9 Å². The summed E-state index contributed by atoms with van der Waals surface area (Å²) in [6, 6.07) is 0.200. The maximum atomic E-state index is 11.9. The summed E-state index contributed by atoms with van der Waals surface area (Å²) < 4.78 is 4.99. The molecular weight excluding hydrogens is 222 g/mol. The van der Waals surface area contributed by atoms with E-state index in [1.807, 2.05) is 6.92 Å². The van der Waals surface area contributed by atoms with E-state index >= 15 is 0 Å². The molecule has 17 heavy (non-hydrogen) atoms. The van der Waals surface area contributed by atoms with E-state index in [-0.39, 0.29) is 24.8 Å². The Kier molecular flexibility index (Phi) is 5.41. The second-order valence-electron chi connectivity index (χ2n) is 4.55. The fraction of sp³-hybridized carbons (Fsp3) is 0.833. The molecule has 1 aliphatic rings. The Morgan fingerprint density at radius 3 is 2.53 bits per heavy atom. The first-order chi connectivity index (χ1) is 8.06. The van der Waals surface area contributed by atoms with Gasteiger partial charge in [-0.05, 0) is 25.7 Å². The van der Waals surface area contributed by atoms with Crippen LogP contribution in [0.25, 0.3) is 0 Å². The molecule has 98 valence electrons. The van der Waals surface area contributed by atoms with Crippen molar-refractivity contribution in [3.63, 3.8) is 0 Å². The summed E-state index contributed by atoms with van der Waals surface area (Å²) in [6.07, 6.45) is 2.31. The van der Waals surface area contributed by atoms with E-state index in [1.54, 1.807) is 12.0 Å². The van der Waals surface area contributed by atoms with Crippen LogP contribution in [0, 0.1) is 5.92 Å². The van der Waals surface area contributed by atoms with Crippen molar-refractivity contribution in [1.29, 1.82) is 0 Å². The first-order valence-electron chi connectivity index (χ1n) is 6.06. The average molecular weight is 243 g/mol. The van der Waals surface area contributed by atoms with E-state index in [1.165, 1.54) is 0 Å². The van der Waals surface area contributed by atoms with Gasteiger partial charge in [0.15, 0.2) is 0 Å². The van der Waals surface area contributed by atoms with Crippen LogP contribution in [-0.4, -0.2) is 48.2 Å². The van der Waals surface area contributed by atoms with Gasteiger partial charge in [0.1, 0.15) is 0 Å². The molecule has 0 aromatic heterocycles. The SMILES string of the molecule is COCCN(C(=O)CCC(=O)O)C(C)C1CC1. The van der Waals surface area contributed by atoms with Gasteiger partial charge in [-0.1, -0.05) is 0 Å². The lowest BCUT2D eigenvalue weighted by molar-refractivity contribution is -0.142. The van der Waals surface area contributed by atoms with Crippen LogP contribution < -0.4 is 0 Å². The van der Waals surface area contributed by atoms with E-state index in [2.05, 4.69) is 0 Å². The fourth-order valence-corrected chi connectivity index (χ4v) is 1.94. The quantitative estimate of drug-likeness (QED) is 0.694. The van der Waals surface area contributed by atoms with Crippen LogP contribution in [-0.2, 0) is 14.3 Å². The molecule has 1 N–H and O–H groups in total. The third kappa shape index (κ3) is 4.73. The van der Waals surface area contributed by atoms with Crippen LogP contribution in [0.15, 0.2) is 0 Å². The Morgan fingerprint density at radius 2 is 2.06 bits per heavy atom. The van der Waals surface area contributed by atoms with Crippen molar-refractivity contribution in [2.45, 2.75) is 38.6 Å². The van der Waals surface area contributed by atoms with Gasteiger partial charge in [0.05, 0.1) is 13.0 Å². The number of aliphatic carboxylic acids is 1. The number of rotatable bonds is 8. The molecule has 5 nitrogen and oxygen atoms in total. The molecule has 1 saturated carbocycles.